The van der Waals surface area contributed by atoms with Gasteiger partial charge in [-0.3, -0.25) is 4.79 Å². The molecular formula is C18H23ClN2O6S. The second-order valence-electron chi connectivity index (χ2n) is 6.90. The van der Waals surface area contributed by atoms with Gasteiger partial charge in [0.15, 0.2) is 0 Å². The minimum Gasteiger partial charge on any atom is -0.467 e. The van der Waals surface area contributed by atoms with E-state index in [9.17, 15) is 18.0 Å². The molecule has 154 valence electrons. The highest BCUT2D eigenvalue weighted by Gasteiger charge is 2.43. The van der Waals surface area contributed by atoms with Crippen molar-refractivity contribution in [3.05, 3.63) is 28.8 Å². The lowest BCUT2D eigenvalue weighted by Gasteiger charge is -2.28. The maximum Gasteiger partial charge on any atom is 0.331 e. The summed E-state index contributed by atoms with van der Waals surface area (Å²) in [7, 11) is -2.58. The van der Waals surface area contributed by atoms with Crippen molar-refractivity contribution in [2.45, 2.75) is 36.1 Å². The van der Waals surface area contributed by atoms with Crippen LogP contribution in [0.1, 0.15) is 36.0 Å². The standard InChI is InChI=1S/C18H23ClN2O6S/c1-26-17(23)18(6-2-3-7-18)20-16(22)13-4-5-14(19)15(12-13)28(24,25)21-8-10-27-11-9-21/h4-5,12H,2-3,6-11H2,1H3,(H,20,22). The van der Waals surface area contributed by atoms with E-state index in [0.717, 1.165) is 12.8 Å². The summed E-state index contributed by atoms with van der Waals surface area (Å²) < 4.78 is 37.2. The molecule has 0 unspecified atom stereocenters. The van der Waals surface area contributed by atoms with E-state index in [4.69, 9.17) is 21.1 Å². The van der Waals surface area contributed by atoms with Crippen LogP contribution in [0.25, 0.3) is 0 Å². The van der Waals surface area contributed by atoms with Crippen LogP contribution >= 0.6 is 11.6 Å². The number of carbonyl (C=O) groups excluding carboxylic acids is 2. The first-order valence-electron chi connectivity index (χ1n) is 9.08. The third-order valence-corrected chi connectivity index (χ3v) is 7.55. The van der Waals surface area contributed by atoms with Crippen LogP contribution in [0.3, 0.4) is 0 Å². The predicted octanol–water partition coefficient (Wildman–Crippen LogP) is 1.58. The van der Waals surface area contributed by atoms with Gasteiger partial charge in [0.2, 0.25) is 10.0 Å². The second kappa shape index (κ2) is 8.36. The molecule has 8 nitrogen and oxygen atoms in total. The van der Waals surface area contributed by atoms with E-state index >= 15 is 0 Å². The highest BCUT2D eigenvalue weighted by molar-refractivity contribution is 7.89. The van der Waals surface area contributed by atoms with E-state index in [1.807, 2.05) is 0 Å². The fourth-order valence-electron chi connectivity index (χ4n) is 3.61. The van der Waals surface area contributed by atoms with Crippen LogP contribution in [-0.4, -0.2) is 63.6 Å². The Bertz CT molecular complexity index is 861. The van der Waals surface area contributed by atoms with Gasteiger partial charge in [0.1, 0.15) is 10.4 Å². The van der Waals surface area contributed by atoms with Crippen molar-refractivity contribution in [1.29, 1.82) is 0 Å². The number of halogens is 1. The van der Waals surface area contributed by atoms with E-state index in [2.05, 4.69) is 5.32 Å². The number of rotatable bonds is 5. The summed E-state index contributed by atoms with van der Waals surface area (Å²) >= 11 is 6.13. The molecule has 1 saturated heterocycles. The Morgan fingerprint density at radius 1 is 1.21 bits per heavy atom. The quantitative estimate of drug-likeness (QED) is 0.711. The summed E-state index contributed by atoms with van der Waals surface area (Å²) in [6, 6.07) is 4.07. The first-order chi connectivity index (χ1) is 13.3. The molecule has 0 atom stereocenters. The molecule has 0 aromatic heterocycles. The van der Waals surface area contributed by atoms with E-state index in [-0.39, 0.29) is 28.6 Å². The normalized spacial score (nSPS) is 19.9. The topological polar surface area (TPSA) is 102 Å². The van der Waals surface area contributed by atoms with Crippen LogP contribution in [0, 0.1) is 0 Å². The average Bonchev–Trinajstić information content (AvgIpc) is 3.17. The van der Waals surface area contributed by atoms with Gasteiger partial charge in [-0.05, 0) is 31.0 Å². The molecule has 1 aliphatic heterocycles. The summed E-state index contributed by atoms with van der Waals surface area (Å²) in [5, 5.41) is 2.79. The zero-order valence-corrected chi connectivity index (χ0v) is 17.1. The van der Waals surface area contributed by atoms with E-state index < -0.39 is 27.4 Å². The Morgan fingerprint density at radius 2 is 1.86 bits per heavy atom. The number of sulfonamides is 1. The Hall–Kier alpha value is -1.68. The highest BCUT2D eigenvalue weighted by Crippen LogP contribution is 2.32. The van der Waals surface area contributed by atoms with Crippen LogP contribution in [0.15, 0.2) is 23.1 Å². The summed E-state index contributed by atoms with van der Waals surface area (Å²) in [5.74, 6) is -1.03. The van der Waals surface area contributed by atoms with E-state index in [0.29, 0.717) is 26.1 Å². The molecule has 2 fully saturated rings. The van der Waals surface area contributed by atoms with Crippen molar-refractivity contribution in [3.63, 3.8) is 0 Å². The van der Waals surface area contributed by atoms with Crippen LogP contribution in [-0.2, 0) is 24.3 Å². The molecule has 3 rings (SSSR count). The summed E-state index contributed by atoms with van der Waals surface area (Å²) in [6.07, 6.45) is 2.56. The molecule has 0 spiro atoms. The first kappa shape index (κ1) is 21.0. The van der Waals surface area contributed by atoms with Crippen molar-refractivity contribution in [2.24, 2.45) is 0 Å². The number of nitrogens with one attached hydrogen (secondary N) is 1. The Labute approximate surface area is 169 Å². The Morgan fingerprint density at radius 3 is 2.46 bits per heavy atom. The molecule has 1 aliphatic carbocycles. The molecule has 1 N–H and O–H groups in total. The number of carbonyl (C=O) groups is 2. The number of hydrogen-bond donors (Lipinski definition) is 1. The summed E-state index contributed by atoms with van der Waals surface area (Å²) in [6.45, 7) is 1.05. The van der Waals surface area contributed by atoms with Gasteiger partial charge < -0.3 is 14.8 Å². The second-order valence-corrected chi connectivity index (χ2v) is 9.21. The van der Waals surface area contributed by atoms with Crippen molar-refractivity contribution in [3.8, 4) is 0 Å². The number of esters is 1. The fraction of sp³-hybridized carbons (Fsp3) is 0.556. The average molecular weight is 431 g/mol. The SMILES string of the molecule is COC(=O)C1(NC(=O)c2ccc(Cl)c(S(=O)(=O)N3CCOCC3)c2)CCCC1. The molecule has 2 aliphatic rings. The van der Waals surface area contributed by atoms with Crippen molar-refractivity contribution in [1.82, 2.24) is 9.62 Å². The van der Waals surface area contributed by atoms with Gasteiger partial charge in [-0.25, -0.2) is 13.2 Å². The van der Waals surface area contributed by atoms with Crippen LogP contribution in [0.2, 0.25) is 5.02 Å². The monoisotopic (exact) mass is 430 g/mol. The van der Waals surface area contributed by atoms with Crippen molar-refractivity contribution < 1.29 is 27.5 Å². The molecule has 0 radical (unpaired) electrons. The largest absolute Gasteiger partial charge is 0.467 e. The lowest BCUT2D eigenvalue weighted by atomic mass is 9.97. The number of nitrogens with zero attached hydrogens (tertiary/aromatic N) is 1. The van der Waals surface area contributed by atoms with Gasteiger partial charge in [0.25, 0.3) is 5.91 Å². The van der Waals surface area contributed by atoms with Crippen LogP contribution < -0.4 is 5.32 Å². The molecule has 1 heterocycles. The lowest BCUT2D eigenvalue weighted by molar-refractivity contribution is -0.148. The van der Waals surface area contributed by atoms with Gasteiger partial charge >= 0.3 is 5.97 Å². The summed E-state index contributed by atoms with van der Waals surface area (Å²) in [4.78, 5) is 24.9. The number of methoxy groups -OCH3 is 1. The molecule has 28 heavy (non-hydrogen) atoms. The van der Waals surface area contributed by atoms with E-state index in [1.165, 1.54) is 29.6 Å². The van der Waals surface area contributed by atoms with Gasteiger partial charge in [-0.2, -0.15) is 4.31 Å². The zero-order chi connectivity index (χ0) is 20.4. The fourth-order valence-corrected chi connectivity index (χ4v) is 5.52. The maximum absolute atomic E-state index is 12.9. The molecule has 10 heteroatoms. The molecule has 1 aromatic rings. The van der Waals surface area contributed by atoms with Gasteiger partial charge in [-0.15, -0.1) is 0 Å². The molecule has 1 saturated carbocycles. The number of ether oxygens (including phenoxy) is 2. The Kier molecular flexibility index (Phi) is 6.28. The van der Waals surface area contributed by atoms with E-state index in [1.54, 1.807) is 0 Å². The molecule has 1 aromatic carbocycles. The molecule has 1 amide bonds. The number of morpholine rings is 1. The molecule has 0 bridgehead atoms. The van der Waals surface area contributed by atoms with Crippen LogP contribution in [0.5, 0.6) is 0 Å². The van der Waals surface area contributed by atoms with Crippen molar-refractivity contribution >= 4 is 33.5 Å². The zero-order valence-electron chi connectivity index (χ0n) is 15.6. The smallest absolute Gasteiger partial charge is 0.331 e. The third kappa shape index (κ3) is 4.03. The number of benzene rings is 1. The van der Waals surface area contributed by atoms with Crippen LogP contribution in [0.4, 0.5) is 0 Å². The highest BCUT2D eigenvalue weighted by atomic mass is 35.5. The van der Waals surface area contributed by atoms with Gasteiger partial charge in [-0.1, -0.05) is 24.4 Å². The lowest BCUT2D eigenvalue weighted by Crippen LogP contribution is -2.53. The third-order valence-electron chi connectivity index (χ3n) is 5.17. The summed E-state index contributed by atoms with van der Waals surface area (Å²) in [5.41, 5.74) is -0.958. The van der Waals surface area contributed by atoms with Gasteiger partial charge in [0.05, 0.1) is 25.3 Å². The Balaban J connectivity index is 1.88. The van der Waals surface area contributed by atoms with Crippen molar-refractivity contribution in [2.75, 3.05) is 33.4 Å². The number of amides is 1. The molecular weight excluding hydrogens is 408 g/mol. The maximum atomic E-state index is 12.9. The minimum absolute atomic E-state index is 0.0339. The number of hydrogen-bond acceptors (Lipinski definition) is 6. The van der Waals surface area contributed by atoms with Gasteiger partial charge in [0, 0.05) is 18.7 Å². The predicted molar refractivity (Wildman–Crippen MR) is 102 cm³/mol. The minimum atomic E-state index is -3.86. The first-order valence-corrected chi connectivity index (χ1v) is 10.9.